The van der Waals surface area contributed by atoms with Crippen molar-refractivity contribution in [3.05, 3.63) is 27.7 Å². The molecule has 1 N–H and O–H groups in total. The predicted molar refractivity (Wildman–Crippen MR) is 73.4 cm³/mol. The number of aryl methyl sites for hydroxylation is 2. The Labute approximate surface area is 111 Å². The number of anilines is 1. The summed E-state index contributed by atoms with van der Waals surface area (Å²) in [4.78, 5) is 11.6. The third-order valence-corrected chi connectivity index (χ3v) is 3.72. The van der Waals surface area contributed by atoms with Gasteiger partial charge in [-0.25, -0.2) is 0 Å². The third kappa shape index (κ3) is 4.48. The molecule has 1 amide bonds. The highest BCUT2D eigenvalue weighted by molar-refractivity contribution is 9.10. The zero-order valence-corrected chi connectivity index (χ0v) is 12.1. The zero-order chi connectivity index (χ0) is 12.8. The van der Waals surface area contributed by atoms with Crippen LogP contribution in [0, 0.1) is 13.8 Å². The number of amides is 1. The molecule has 0 bridgehead atoms. The van der Waals surface area contributed by atoms with E-state index >= 15 is 0 Å². The van der Waals surface area contributed by atoms with Gasteiger partial charge in [0.2, 0.25) is 5.91 Å². The molecule has 0 aliphatic heterocycles. The van der Waals surface area contributed by atoms with Crippen molar-refractivity contribution in [3.8, 4) is 0 Å². The summed E-state index contributed by atoms with van der Waals surface area (Å²) in [6.07, 6.45) is 1.23. The standard InChI is InChI=1S/C13H18BrNO2/c1-9-7-11(8-10(2)13(9)14)15-12(16)5-4-6-17-3/h7-8H,4-6H2,1-3H3,(H,15,16). The first kappa shape index (κ1) is 14.2. The highest BCUT2D eigenvalue weighted by Gasteiger charge is 2.05. The number of methoxy groups -OCH3 is 1. The predicted octanol–water partition coefficient (Wildman–Crippen LogP) is 3.43. The quantitative estimate of drug-likeness (QED) is 0.846. The van der Waals surface area contributed by atoms with E-state index in [1.807, 2.05) is 26.0 Å². The van der Waals surface area contributed by atoms with Crippen molar-refractivity contribution in [3.63, 3.8) is 0 Å². The highest BCUT2D eigenvalue weighted by atomic mass is 79.9. The van der Waals surface area contributed by atoms with E-state index in [4.69, 9.17) is 4.74 Å². The Balaban J connectivity index is 2.60. The fourth-order valence-electron chi connectivity index (χ4n) is 1.62. The van der Waals surface area contributed by atoms with Crippen LogP contribution < -0.4 is 5.32 Å². The van der Waals surface area contributed by atoms with Crippen molar-refractivity contribution in [2.45, 2.75) is 26.7 Å². The van der Waals surface area contributed by atoms with Crippen molar-refractivity contribution in [1.82, 2.24) is 0 Å². The molecular formula is C13H18BrNO2. The van der Waals surface area contributed by atoms with Gasteiger partial charge in [-0.15, -0.1) is 0 Å². The highest BCUT2D eigenvalue weighted by Crippen LogP contribution is 2.25. The second-order valence-electron chi connectivity index (χ2n) is 4.07. The molecule has 0 radical (unpaired) electrons. The lowest BCUT2D eigenvalue weighted by Crippen LogP contribution is -2.12. The lowest BCUT2D eigenvalue weighted by Gasteiger charge is -2.09. The Bertz CT molecular complexity index is 381. The SMILES string of the molecule is COCCCC(=O)Nc1cc(C)c(Br)c(C)c1. The van der Waals surface area contributed by atoms with Gasteiger partial charge in [-0.2, -0.15) is 0 Å². The van der Waals surface area contributed by atoms with Crippen molar-refractivity contribution >= 4 is 27.5 Å². The van der Waals surface area contributed by atoms with Crippen LogP contribution in [0.25, 0.3) is 0 Å². The maximum atomic E-state index is 11.6. The van der Waals surface area contributed by atoms with Gasteiger partial charge in [-0.3, -0.25) is 4.79 Å². The summed E-state index contributed by atoms with van der Waals surface area (Å²) in [5.74, 6) is 0.0307. The van der Waals surface area contributed by atoms with E-state index in [1.54, 1.807) is 7.11 Å². The Hall–Kier alpha value is -0.870. The van der Waals surface area contributed by atoms with Gasteiger partial charge in [0.15, 0.2) is 0 Å². The molecule has 1 aromatic rings. The van der Waals surface area contributed by atoms with Gasteiger partial charge in [0.05, 0.1) is 0 Å². The molecule has 0 unspecified atom stereocenters. The first-order valence-electron chi connectivity index (χ1n) is 5.60. The van der Waals surface area contributed by atoms with Crippen molar-refractivity contribution in [1.29, 1.82) is 0 Å². The number of halogens is 1. The van der Waals surface area contributed by atoms with Crippen LogP contribution in [0.5, 0.6) is 0 Å². The Morgan fingerprint density at radius 3 is 2.47 bits per heavy atom. The summed E-state index contributed by atoms with van der Waals surface area (Å²) in [5, 5.41) is 2.89. The molecule has 0 saturated carbocycles. The largest absolute Gasteiger partial charge is 0.385 e. The summed E-state index contributed by atoms with van der Waals surface area (Å²) in [5.41, 5.74) is 3.10. The molecule has 94 valence electrons. The van der Waals surface area contributed by atoms with Gasteiger partial charge in [0.25, 0.3) is 0 Å². The van der Waals surface area contributed by atoms with Crippen LogP contribution in [0.15, 0.2) is 16.6 Å². The number of hydrogen-bond acceptors (Lipinski definition) is 2. The number of nitrogens with one attached hydrogen (secondary N) is 1. The van der Waals surface area contributed by atoms with Crippen molar-refractivity contribution in [2.24, 2.45) is 0 Å². The molecule has 4 heteroatoms. The molecule has 3 nitrogen and oxygen atoms in total. The normalized spacial score (nSPS) is 10.4. The van der Waals surface area contributed by atoms with Crippen LogP contribution in [-0.2, 0) is 9.53 Å². The molecular weight excluding hydrogens is 282 g/mol. The fourth-order valence-corrected chi connectivity index (χ4v) is 1.85. The number of rotatable bonds is 5. The van der Waals surface area contributed by atoms with Crippen LogP contribution in [0.1, 0.15) is 24.0 Å². The minimum atomic E-state index is 0.0307. The van der Waals surface area contributed by atoms with Gasteiger partial charge in [-0.1, -0.05) is 15.9 Å². The van der Waals surface area contributed by atoms with E-state index in [1.165, 1.54) is 0 Å². The van der Waals surface area contributed by atoms with Gasteiger partial charge >= 0.3 is 0 Å². The van der Waals surface area contributed by atoms with Crippen LogP contribution in [0.3, 0.4) is 0 Å². The summed E-state index contributed by atoms with van der Waals surface area (Å²) in [6, 6.07) is 3.93. The summed E-state index contributed by atoms with van der Waals surface area (Å²) in [7, 11) is 1.64. The minimum Gasteiger partial charge on any atom is -0.385 e. The molecule has 17 heavy (non-hydrogen) atoms. The molecule has 0 aliphatic rings. The molecule has 1 rings (SSSR count). The van der Waals surface area contributed by atoms with Gasteiger partial charge < -0.3 is 10.1 Å². The van der Waals surface area contributed by atoms with Gasteiger partial charge in [-0.05, 0) is 43.5 Å². The van der Waals surface area contributed by atoms with E-state index in [9.17, 15) is 4.79 Å². The second-order valence-corrected chi connectivity index (χ2v) is 4.86. The maximum absolute atomic E-state index is 11.6. The molecule has 0 aromatic heterocycles. The van der Waals surface area contributed by atoms with E-state index in [-0.39, 0.29) is 5.91 Å². The summed E-state index contributed by atoms with van der Waals surface area (Å²) in [6.45, 7) is 4.64. The Morgan fingerprint density at radius 1 is 1.35 bits per heavy atom. The zero-order valence-electron chi connectivity index (χ0n) is 10.5. The molecule has 1 aromatic carbocycles. The van der Waals surface area contributed by atoms with Crippen LogP contribution >= 0.6 is 15.9 Å². The number of benzene rings is 1. The lowest BCUT2D eigenvalue weighted by atomic mass is 10.1. The molecule has 0 saturated heterocycles. The summed E-state index contributed by atoms with van der Waals surface area (Å²) < 4.78 is 6.00. The number of carbonyl (C=O) groups excluding carboxylic acids is 1. The first-order valence-corrected chi connectivity index (χ1v) is 6.39. The topological polar surface area (TPSA) is 38.3 Å². The van der Waals surface area contributed by atoms with Crippen LogP contribution in [-0.4, -0.2) is 19.6 Å². The molecule has 0 atom stereocenters. The Kier molecular flexibility index (Phi) is 5.65. The third-order valence-electron chi connectivity index (χ3n) is 2.47. The number of ether oxygens (including phenoxy) is 1. The lowest BCUT2D eigenvalue weighted by molar-refractivity contribution is -0.116. The van der Waals surface area contributed by atoms with Crippen molar-refractivity contribution < 1.29 is 9.53 Å². The first-order chi connectivity index (χ1) is 8.04. The summed E-state index contributed by atoms with van der Waals surface area (Å²) >= 11 is 3.50. The van der Waals surface area contributed by atoms with Crippen molar-refractivity contribution in [2.75, 3.05) is 19.0 Å². The monoisotopic (exact) mass is 299 g/mol. The minimum absolute atomic E-state index is 0.0307. The molecule has 0 heterocycles. The Morgan fingerprint density at radius 2 is 1.94 bits per heavy atom. The number of carbonyl (C=O) groups is 1. The second kappa shape index (κ2) is 6.77. The maximum Gasteiger partial charge on any atom is 0.224 e. The van der Waals surface area contributed by atoms with E-state index in [0.717, 1.165) is 27.7 Å². The van der Waals surface area contributed by atoms with Crippen LogP contribution in [0.4, 0.5) is 5.69 Å². The average molecular weight is 300 g/mol. The van der Waals surface area contributed by atoms with E-state index < -0.39 is 0 Å². The van der Waals surface area contributed by atoms with Crippen LogP contribution in [0.2, 0.25) is 0 Å². The van der Waals surface area contributed by atoms with Gasteiger partial charge in [0.1, 0.15) is 0 Å². The van der Waals surface area contributed by atoms with E-state index in [2.05, 4.69) is 21.2 Å². The molecule has 0 spiro atoms. The fraction of sp³-hybridized carbons (Fsp3) is 0.462. The molecule has 0 aliphatic carbocycles. The van der Waals surface area contributed by atoms with E-state index in [0.29, 0.717) is 13.0 Å². The smallest absolute Gasteiger partial charge is 0.224 e. The van der Waals surface area contributed by atoms with Gasteiger partial charge in [0, 0.05) is 30.3 Å². The average Bonchev–Trinajstić information content (AvgIpc) is 2.26. The number of hydrogen-bond donors (Lipinski definition) is 1. The molecule has 0 fully saturated rings.